The Morgan fingerprint density at radius 1 is 1.12 bits per heavy atom. The average molecular weight is 626 g/mol. The lowest BCUT2D eigenvalue weighted by molar-refractivity contribution is -0.758. The molecule has 17 nitrogen and oxygen atoms in total. The fraction of sp³-hybridized carbons (Fsp3) is 0.560. The molecule has 0 unspecified atom stereocenters. The van der Waals surface area contributed by atoms with E-state index in [0.717, 1.165) is 0 Å². The van der Waals surface area contributed by atoms with Crippen LogP contribution in [0.15, 0.2) is 34.0 Å². The van der Waals surface area contributed by atoms with Gasteiger partial charge in [0.15, 0.2) is 0 Å². The molecular formula is C25H35N7O10S. The van der Waals surface area contributed by atoms with Crippen molar-refractivity contribution in [1.82, 2.24) is 19.2 Å². The smallest absolute Gasteiger partial charge is 0.294 e. The van der Waals surface area contributed by atoms with Gasteiger partial charge >= 0.3 is 0 Å². The zero-order valence-electron chi connectivity index (χ0n) is 23.9. The van der Waals surface area contributed by atoms with Crippen molar-refractivity contribution in [2.75, 3.05) is 46.0 Å². The van der Waals surface area contributed by atoms with Crippen LogP contribution in [0.3, 0.4) is 0 Å². The molecule has 43 heavy (non-hydrogen) atoms. The normalized spacial score (nSPS) is 13.8. The lowest BCUT2D eigenvalue weighted by Crippen LogP contribution is -2.61. The first-order valence-electron chi connectivity index (χ1n) is 13.7. The van der Waals surface area contributed by atoms with Gasteiger partial charge in [-0.3, -0.25) is 9.69 Å². The van der Waals surface area contributed by atoms with Crippen molar-refractivity contribution >= 4 is 15.7 Å². The van der Waals surface area contributed by atoms with E-state index in [-0.39, 0.29) is 66.6 Å². The molecular weight excluding hydrogens is 590 g/mol. The number of nitrogens with one attached hydrogen (secondary N) is 2. The lowest BCUT2D eigenvalue weighted by Gasteiger charge is -2.44. The number of ether oxygens (including phenoxy) is 1. The largest absolute Gasteiger partial charge is 0.493 e. The van der Waals surface area contributed by atoms with E-state index in [9.17, 15) is 33.4 Å². The van der Waals surface area contributed by atoms with Crippen LogP contribution in [0.5, 0.6) is 5.75 Å². The Balaban J connectivity index is 1.80. The molecule has 0 saturated carbocycles. The Bertz CT molecular complexity index is 1440. The Labute approximate surface area is 247 Å². The minimum Gasteiger partial charge on any atom is -0.493 e. The highest BCUT2D eigenvalue weighted by atomic mass is 32.2. The summed E-state index contributed by atoms with van der Waals surface area (Å²) in [5.41, 5.74) is 0.132. The minimum atomic E-state index is -3.99. The fourth-order valence-electron chi connectivity index (χ4n) is 4.54. The van der Waals surface area contributed by atoms with Crippen molar-refractivity contribution in [3.8, 4) is 17.1 Å². The SMILES string of the molecule is CCCC(=N)c1cc(=O)[nH]c(-c2cc(S(=O)(=O)N3CC(N(CCCO[N+](=O)[O-])CCCO[N+](=O)[O-])C3)ccc2OCC)n1. The van der Waals surface area contributed by atoms with Crippen molar-refractivity contribution in [2.45, 2.75) is 50.5 Å². The van der Waals surface area contributed by atoms with Gasteiger partial charge in [-0.05, 0) is 44.4 Å². The number of benzene rings is 1. The molecule has 18 heteroatoms. The van der Waals surface area contributed by atoms with E-state index >= 15 is 0 Å². The molecule has 0 radical (unpaired) electrons. The van der Waals surface area contributed by atoms with E-state index in [2.05, 4.69) is 19.6 Å². The van der Waals surface area contributed by atoms with Gasteiger partial charge in [0, 0.05) is 38.3 Å². The molecule has 1 aliphatic heterocycles. The van der Waals surface area contributed by atoms with E-state index < -0.39 is 25.8 Å². The topological polar surface area (TPSA) is 224 Å². The van der Waals surface area contributed by atoms with E-state index in [0.29, 0.717) is 44.5 Å². The molecule has 2 aromatic rings. The summed E-state index contributed by atoms with van der Waals surface area (Å²) in [6, 6.07) is 5.26. The summed E-state index contributed by atoms with van der Waals surface area (Å²) in [5.74, 6) is 0.385. The highest BCUT2D eigenvalue weighted by Crippen LogP contribution is 2.33. The minimum absolute atomic E-state index is 0.0496. The average Bonchev–Trinajstić information content (AvgIpc) is 2.91. The maximum atomic E-state index is 13.6. The number of aromatic nitrogens is 2. The maximum absolute atomic E-state index is 13.6. The van der Waals surface area contributed by atoms with Crippen LogP contribution < -0.4 is 10.3 Å². The number of sulfonamides is 1. The van der Waals surface area contributed by atoms with Crippen LogP contribution in [0.1, 0.15) is 45.2 Å². The highest BCUT2D eigenvalue weighted by molar-refractivity contribution is 7.89. The number of H-pyrrole nitrogens is 1. The second-order valence-corrected chi connectivity index (χ2v) is 11.6. The van der Waals surface area contributed by atoms with Crippen LogP contribution in [-0.4, -0.2) is 95.5 Å². The molecule has 0 bridgehead atoms. The molecule has 0 aliphatic carbocycles. The first-order chi connectivity index (χ1) is 20.5. The van der Waals surface area contributed by atoms with Crippen molar-refractivity contribution < 1.29 is 33.0 Å². The van der Waals surface area contributed by atoms with E-state index in [4.69, 9.17) is 10.1 Å². The third kappa shape index (κ3) is 9.16. The lowest BCUT2D eigenvalue weighted by atomic mass is 10.1. The molecule has 1 aromatic carbocycles. The predicted molar refractivity (Wildman–Crippen MR) is 152 cm³/mol. The van der Waals surface area contributed by atoms with Gasteiger partial charge in [-0.25, -0.2) is 13.4 Å². The molecule has 0 spiro atoms. The number of hydrogen-bond donors (Lipinski definition) is 2. The summed E-state index contributed by atoms with van der Waals surface area (Å²) in [5, 5.41) is 27.3. The highest BCUT2D eigenvalue weighted by Gasteiger charge is 2.39. The van der Waals surface area contributed by atoms with Crippen LogP contribution in [0.2, 0.25) is 0 Å². The molecule has 0 atom stereocenters. The Morgan fingerprint density at radius 2 is 1.74 bits per heavy atom. The van der Waals surface area contributed by atoms with E-state index in [1.165, 1.54) is 28.6 Å². The summed E-state index contributed by atoms with van der Waals surface area (Å²) in [7, 11) is -3.99. The molecule has 1 fully saturated rings. The third-order valence-electron chi connectivity index (χ3n) is 6.61. The first-order valence-corrected chi connectivity index (χ1v) is 15.1. The van der Waals surface area contributed by atoms with Crippen molar-refractivity contribution in [3.63, 3.8) is 0 Å². The van der Waals surface area contributed by atoms with Crippen LogP contribution in [0, 0.1) is 25.6 Å². The second-order valence-electron chi connectivity index (χ2n) is 9.63. The third-order valence-corrected chi connectivity index (χ3v) is 8.44. The summed E-state index contributed by atoms with van der Waals surface area (Å²) in [6.07, 6.45) is 1.69. The molecule has 2 heterocycles. The molecule has 236 valence electrons. The number of hydrogen-bond acceptors (Lipinski definition) is 13. The van der Waals surface area contributed by atoms with Crippen LogP contribution in [0.4, 0.5) is 0 Å². The first kappa shape index (κ1) is 33.3. The number of nitrogens with zero attached hydrogens (tertiary/aromatic N) is 5. The maximum Gasteiger partial charge on any atom is 0.294 e. The van der Waals surface area contributed by atoms with Gasteiger partial charge in [0.2, 0.25) is 10.0 Å². The second kappa shape index (κ2) is 15.4. The van der Waals surface area contributed by atoms with Crippen LogP contribution in [-0.2, 0) is 19.7 Å². The quantitative estimate of drug-likeness (QED) is 0.0988. The number of rotatable bonds is 19. The molecule has 1 aliphatic rings. The van der Waals surface area contributed by atoms with Crippen molar-refractivity contribution in [3.05, 3.63) is 60.5 Å². The predicted octanol–water partition coefficient (Wildman–Crippen LogP) is 1.88. The standard InChI is InChI=1S/C25H35N7O10S/c1-3-7-21(26)22-15-24(33)28-25(27-22)20-14-19(8-9-23(20)40-4-2)43(38,39)30-16-18(17-30)29(10-5-12-41-31(34)35)11-6-13-42-32(36)37/h8-9,14-15,18,26H,3-7,10-13,16-17H2,1-2H3,(H,27,28,33). The summed E-state index contributed by atoms with van der Waals surface area (Å²) < 4.78 is 34.1. The molecule has 1 saturated heterocycles. The van der Waals surface area contributed by atoms with Gasteiger partial charge < -0.3 is 24.8 Å². The van der Waals surface area contributed by atoms with Crippen molar-refractivity contribution in [2.24, 2.45) is 0 Å². The monoisotopic (exact) mass is 625 g/mol. The van der Waals surface area contributed by atoms with Gasteiger partial charge in [0.1, 0.15) is 11.6 Å². The summed E-state index contributed by atoms with van der Waals surface area (Å²) in [6.45, 7) is 4.59. The van der Waals surface area contributed by atoms with Crippen LogP contribution in [0.25, 0.3) is 11.4 Å². The summed E-state index contributed by atoms with van der Waals surface area (Å²) in [4.78, 5) is 50.9. The molecule has 3 rings (SSSR count). The molecule has 0 amide bonds. The Morgan fingerprint density at radius 3 is 2.30 bits per heavy atom. The van der Waals surface area contributed by atoms with Gasteiger partial charge in [-0.1, -0.05) is 13.3 Å². The fourth-order valence-corrected chi connectivity index (χ4v) is 6.08. The number of aromatic amines is 1. The Kier molecular flexibility index (Phi) is 11.9. The van der Waals surface area contributed by atoms with Gasteiger partial charge in [0.05, 0.1) is 41.7 Å². The molecule has 2 N–H and O–H groups in total. The van der Waals surface area contributed by atoms with E-state index in [1.54, 1.807) is 6.92 Å². The van der Waals surface area contributed by atoms with Crippen molar-refractivity contribution in [1.29, 1.82) is 5.41 Å². The zero-order valence-corrected chi connectivity index (χ0v) is 24.7. The summed E-state index contributed by atoms with van der Waals surface area (Å²) >= 11 is 0. The zero-order chi connectivity index (χ0) is 31.6. The van der Waals surface area contributed by atoms with Gasteiger partial charge in [0.25, 0.3) is 15.7 Å². The van der Waals surface area contributed by atoms with Crippen LogP contribution >= 0.6 is 0 Å². The van der Waals surface area contributed by atoms with Gasteiger partial charge in [-0.2, -0.15) is 4.31 Å². The molecule has 1 aromatic heterocycles. The van der Waals surface area contributed by atoms with Gasteiger partial charge in [-0.15, -0.1) is 20.2 Å². The Hall–Kier alpha value is -4.16. The van der Waals surface area contributed by atoms with E-state index in [1.807, 2.05) is 11.8 Å².